The van der Waals surface area contributed by atoms with Gasteiger partial charge in [-0.05, 0) is 41.8 Å². The van der Waals surface area contributed by atoms with E-state index in [2.05, 4.69) is 0 Å². The van der Waals surface area contributed by atoms with Crippen molar-refractivity contribution in [1.82, 2.24) is 4.57 Å². The topological polar surface area (TPSA) is 59.3 Å². The smallest absolute Gasteiger partial charge is 0.307 e. The van der Waals surface area contributed by atoms with E-state index in [1.165, 1.54) is 0 Å². The molecule has 0 aliphatic carbocycles. The number of aryl methyl sites for hydroxylation is 1. The molecule has 1 heterocycles. The molecule has 0 atom stereocenters. The Morgan fingerprint density at radius 3 is 2.42 bits per heavy atom. The molecular weight excluding hydrogens is 326 g/mol. The zero-order valence-electron chi connectivity index (χ0n) is 13.1. The van der Waals surface area contributed by atoms with Crippen molar-refractivity contribution in [3.8, 4) is 0 Å². The van der Waals surface area contributed by atoms with E-state index >= 15 is 0 Å². The number of carbonyl (C=O) groups excluding carboxylic acids is 1. The van der Waals surface area contributed by atoms with E-state index in [1.807, 2.05) is 25.1 Å². The molecule has 0 saturated heterocycles. The Labute approximate surface area is 144 Å². The third-order valence-electron chi connectivity index (χ3n) is 4.02. The second kappa shape index (κ2) is 6.49. The number of rotatable bonds is 4. The second-order valence-electron chi connectivity index (χ2n) is 5.57. The third kappa shape index (κ3) is 2.93. The molecule has 0 fully saturated rings. The van der Waals surface area contributed by atoms with Crippen LogP contribution in [0.15, 0.2) is 48.7 Å². The lowest BCUT2D eigenvalue weighted by atomic mass is 10.1. The number of carbonyl (C=O) groups is 2. The molecule has 3 aromatic rings. The molecule has 0 aliphatic rings. The minimum absolute atomic E-state index is 0.120. The average Bonchev–Trinajstić information content (AvgIpc) is 2.93. The number of hydrogen-bond donors (Lipinski definition) is 1. The average molecular weight is 342 g/mol. The molecule has 0 radical (unpaired) electrons. The van der Waals surface area contributed by atoms with Gasteiger partial charge in [0, 0.05) is 22.2 Å². The number of aliphatic carboxylic acids is 1. The number of hydrogen-bond acceptors (Lipinski definition) is 2. The third-order valence-corrected chi connectivity index (χ3v) is 4.28. The van der Waals surface area contributed by atoms with Crippen molar-refractivity contribution in [2.45, 2.75) is 19.8 Å². The number of para-hydroxylation sites is 1. The minimum Gasteiger partial charge on any atom is -0.481 e. The number of carboxylic acid groups (broad SMARTS) is 1. The highest BCUT2D eigenvalue weighted by atomic mass is 35.5. The molecule has 24 heavy (non-hydrogen) atoms. The summed E-state index contributed by atoms with van der Waals surface area (Å²) in [5.41, 5.74) is 2.92. The largest absolute Gasteiger partial charge is 0.481 e. The maximum atomic E-state index is 12.9. The number of nitrogens with zero attached hydrogens (tertiary/aromatic N) is 1. The highest BCUT2D eigenvalue weighted by Gasteiger charge is 2.18. The van der Waals surface area contributed by atoms with E-state index in [-0.39, 0.29) is 12.3 Å². The standard InChI is InChI=1S/C19H16ClNO3/c1-2-12-4-3-5-16-14(10-17(22)23)11-21(18(12)16)19(24)13-6-8-15(20)9-7-13/h3-9,11H,2,10H2,1H3,(H,22,23). The van der Waals surface area contributed by atoms with E-state index in [4.69, 9.17) is 16.7 Å². The van der Waals surface area contributed by atoms with Crippen LogP contribution in [0.3, 0.4) is 0 Å². The molecule has 1 aromatic heterocycles. The second-order valence-corrected chi connectivity index (χ2v) is 6.01. The number of benzene rings is 2. The Kier molecular flexibility index (Phi) is 4.40. The van der Waals surface area contributed by atoms with Crippen LogP contribution in [0.4, 0.5) is 0 Å². The first-order valence-electron chi connectivity index (χ1n) is 7.65. The molecular formula is C19H16ClNO3. The number of carboxylic acids is 1. The molecule has 0 bridgehead atoms. The fraction of sp³-hybridized carbons (Fsp3) is 0.158. The van der Waals surface area contributed by atoms with Crippen LogP contribution in [0, 0.1) is 0 Å². The van der Waals surface area contributed by atoms with E-state index in [9.17, 15) is 9.59 Å². The summed E-state index contributed by atoms with van der Waals surface area (Å²) in [7, 11) is 0. The molecule has 3 rings (SSSR count). The number of aromatic nitrogens is 1. The number of halogens is 1. The summed E-state index contributed by atoms with van der Waals surface area (Å²) in [5.74, 6) is -1.12. The summed E-state index contributed by atoms with van der Waals surface area (Å²) in [4.78, 5) is 24.1. The molecule has 0 aliphatic heterocycles. The fourth-order valence-electron chi connectivity index (χ4n) is 2.91. The van der Waals surface area contributed by atoms with Crippen molar-refractivity contribution >= 4 is 34.4 Å². The number of fused-ring (bicyclic) bond motifs is 1. The van der Waals surface area contributed by atoms with Crippen molar-refractivity contribution < 1.29 is 14.7 Å². The van der Waals surface area contributed by atoms with Crippen molar-refractivity contribution in [2.75, 3.05) is 0 Å². The molecule has 0 spiro atoms. The first kappa shape index (κ1) is 16.3. The van der Waals surface area contributed by atoms with Crippen molar-refractivity contribution in [2.24, 2.45) is 0 Å². The zero-order valence-corrected chi connectivity index (χ0v) is 13.9. The SMILES string of the molecule is CCc1cccc2c(CC(=O)O)cn(C(=O)c3ccc(Cl)cc3)c12. The summed E-state index contributed by atoms with van der Waals surface area (Å²) in [5, 5.41) is 10.5. The van der Waals surface area contributed by atoms with Crippen LogP contribution in [0.5, 0.6) is 0 Å². The lowest BCUT2D eigenvalue weighted by Gasteiger charge is -2.08. The predicted molar refractivity (Wildman–Crippen MR) is 93.8 cm³/mol. The van der Waals surface area contributed by atoms with Crippen LogP contribution in [0.2, 0.25) is 5.02 Å². The highest BCUT2D eigenvalue weighted by molar-refractivity contribution is 6.30. The Morgan fingerprint density at radius 2 is 1.79 bits per heavy atom. The molecule has 5 heteroatoms. The van der Waals surface area contributed by atoms with Gasteiger partial charge in [-0.15, -0.1) is 0 Å². The van der Waals surface area contributed by atoms with Gasteiger partial charge in [0.15, 0.2) is 0 Å². The Bertz CT molecular complexity index is 926. The highest BCUT2D eigenvalue weighted by Crippen LogP contribution is 2.27. The van der Waals surface area contributed by atoms with Gasteiger partial charge in [-0.25, -0.2) is 0 Å². The quantitative estimate of drug-likeness (QED) is 0.774. The zero-order chi connectivity index (χ0) is 17.3. The van der Waals surface area contributed by atoms with E-state index in [0.29, 0.717) is 16.1 Å². The van der Waals surface area contributed by atoms with Crippen LogP contribution in [0.1, 0.15) is 28.4 Å². The van der Waals surface area contributed by atoms with Gasteiger partial charge in [-0.2, -0.15) is 0 Å². The maximum Gasteiger partial charge on any atom is 0.307 e. The lowest BCUT2D eigenvalue weighted by Crippen LogP contribution is -2.11. The minimum atomic E-state index is -0.921. The monoisotopic (exact) mass is 341 g/mol. The Morgan fingerprint density at radius 1 is 1.08 bits per heavy atom. The summed E-state index contributed by atoms with van der Waals surface area (Å²) in [6.07, 6.45) is 2.27. The van der Waals surface area contributed by atoms with E-state index in [0.717, 1.165) is 22.9 Å². The van der Waals surface area contributed by atoms with Gasteiger partial charge in [0.1, 0.15) is 0 Å². The van der Waals surface area contributed by atoms with Gasteiger partial charge in [-0.1, -0.05) is 36.7 Å². The van der Waals surface area contributed by atoms with Crippen molar-refractivity contribution in [3.63, 3.8) is 0 Å². The molecule has 0 amide bonds. The molecule has 0 saturated carbocycles. The molecule has 122 valence electrons. The van der Waals surface area contributed by atoms with Crippen LogP contribution in [-0.2, 0) is 17.6 Å². The molecule has 0 unspecified atom stereocenters. The van der Waals surface area contributed by atoms with Crippen LogP contribution < -0.4 is 0 Å². The molecule has 2 aromatic carbocycles. The summed E-state index contributed by atoms with van der Waals surface area (Å²) in [6, 6.07) is 12.4. The van der Waals surface area contributed by atoms with Crippen LogP contribution in [0.25, 0.3) is 10.9 Å². The van der Waals surface area contributed by atoms with Gasteiger partial charge in [-0.3, -0.25) is 14.2 Å². The molecule has 1 N–H and O–H groups in total. The van der Waals surface area contributed by atoms with E-state index < -0.39 is 5.97 Å². The van der Waals surface area contributed by atoms with Crippen molar-refractivity contribution in [1.29, 1.82) is 0 Å². The van der Waals surface area contributed by atoms with Gasteiger partial charge in [0.05, 0.1) is 11.9 Å². The van der Waals surface area contributed by atoms with Gasteiger partial charge in [0.25, 0.3) is 5.91 Å². The molecule has 4 nitrogen and oxygen atoms in total. The van der Waals surface area contributed by atoms with Gasteiger partial charge < -0.3 is 5.11 Å². The Balaban J connectivity index is 2.21. The normalized spacial score (nSPS) is 10.9. The predicted octanol–water partition coefficient (Wildman–Crippen LogP) is 4.17. The van der Waals surface area contributed by atoms with Crippen molar-refractivity contribution in [3.05, 3.63) is 70.4 Å². The van der Waals surface area contributed by atoms with Gasteiger partial charge >= 0.3 is 5.97 Å². The van der Waals surface area contributed by atoms with Crippen LogP contribution in [-0.4, -0.2) is 21.6 Å². The first-order valence-corrected chi connectivity index (χ1v) is 8.03. The maximum absolute atomic E-state index is 12.9. The summed E-state index contributed by atoms with van der Waals surface area (Å²) >= 11 is 5.88. The lowest BCUT2D eigenvalue weighted by molar-refractivity contribution is -0.136. The van der Waals surface area contributed by atoms with E-state index in [1.54, 1.807) is 35.0 Å². The van der Waals surface area contributed by atoms with Crippen LogP contribution >= 0.6 is 11.6 Å². The fourth-order valence-corrected chi connectivity index (χ4v) is 3.03. The Hall–Kier alpha value is -2.59. The summed E-state index contributed by atoms with van der Waals surface area (Å²) < 4.78 is 1.55. The van der Waals surface area contributed by atoms with Gasteiger partial charge in [0.2, 0.25) is 0 Å². The summed E-state index contributed by atoms with van der Waals surface area (Å²) in [6.45, 7) is 2.01. The first-order chi connectivity index (χ1) is 11.5.